The van der Waals surface area contributed by atoms with E-state index in [9.17, 15) is 0 Å². The molecule has 4 rings (SSSR count). The largest absolute Gasteiger partial charge is 0.317 e. The molecule has 5 heteroatoms. The van der Waals surface area contributed by atoms with Gasteiger partial charge in [0.2, 0.25) is 0 Å². The number of benzene rings is 1. The van der Waals surface area contributed by atoms with Crippen LogP contribution in [0.25, 0.3) is 0 Å². The SMILES string of the molecule is Cc1ccccc1CN1CCC(c2nnc(CN3CCCCC3)n2C)CC1. The Morgan fingerprint density at radius 3 is 2.33 bits per heavy atom. The maximum absolute atomic E-state index is 4.60. The van der Waals surface area contributed by atoms with Crippen molar-refractivity contribution in [3.05, 3.63) is 47.0 Å². The fourth-order valence-corrected chi connectivity index (χ4v) is 4.56. The molecule has 0 amide bonds. The zero-order valence-electron chi connectivity index (χ0n) is 16.9. The quantitative estimate of drug-likeness (QED) is 0.811. The number of nitrogens with zero attached hydrogens (tertiary/aromatic N) is 5. The number of hydrogen-bond donors (Lipinski definition) is 0. The van der Waals surface area contributed by atoms with E-state index in [0.717, 1.165) is 32.0 Å². The average Bonchev–Trinajstić information content (AvgIpc) is 3.05. The third-order valence-corrected chi connectivity index (χ3v) is 6.42. The van der Waals surface area contributed by atoms with Crippen LogP contribution in [0.2, 0.25) is 0 Å². The lowest BCUT2D eigenvalue weighted by Gasteiger charge is -2.32. The summed E-state index contributed by atoms with van der Waals surface area (Å²) in [5.41, 5.74) is 2.86. The molecule has 0 saturated carbocycles. The molecule has 1 aromatic heterocycles. The molecule has 0 aliphatic carbocycles. The molecule has 0 spiro atoms. The predicted octanol–water partition coefficient (Wildman–Crippen LogP) is 3.49. The van der Waals surface area contributed by atoms with Crippen molar-refractivity contribution < 1.29 is 0 Å². The van der Waals surface area contributed by atoms with Gasteiger partial charge in [-0.3, -0.25) is 9.80 Å². The van der Waals surface area contributed by atoms with E-state index in [2.05, 4.69) is 62.8 Å². The molecule has 2 aromatic rings. The molecular formula is C22H33N5. The number of likely N-dealkylation sites (tertiary alicyclic amines) is 2. The molecule has 0 N–H and O–H groups in total. The van der Waals surface area contributed by atoms with Gasteiger partial charge in [0.1, 0.15) is 11.6 Å². The van der Waals surface area contributed by atoms with Gasteiger partial charge >= 0.3 is 0 Å². The second kappa shape index (κ2) is 8.53. The lowest BCUT2D eigenvalue weighted by atomic mass is 9.95. The average molecular weight is 368 g/mol. The first-order chi connectivity index (χ1) is 13.2. The molecule has 0 bridgehead atoms. The highest BCUT2D eigenvalue weighted by Crippen LogP contribution is 2.28. The van der Waals surface area contributed by atoms with Gasteiger partial charge in [0.15, 0.2) is 0 Å². The minimum absolute atomic E-state index is 0.547. The van der Waals surface area contributed by atoms with Crippen LogP contribution in [0, 0.1) is 6.92 Å². The number of rotatable bonds is 5. The minimum atomic E-state index is 0.547. The standard InChI is InChI=1S/C22H33N5/c1-18-8-4-5-9-20(18)16-27-14-10-19(11-15-27)22-24-23-21(25(22)2)17-26-12-6-3-7-13-26/h4-5,8-9,19H,3,6-7,10-17H2,1-2H3. The van der Waals surface area contributed by atoms with Crippen molar-refractivity contribution in [1.82, 2.24) is 24.6 Å². The van der Waals surface area contributed by atoms with E-state index in [1.165, 1.54) is 62.1 Å². The van der Waals surface area contributed by atoms with Crippen molar-refractivity contribution in [2.75, 3.05) is 26.2 Å². The van der Waals surface area contributed by atoms with E-state index in [0.29, 0.717) is 5.92 Å². The van der Waals surface area contributed by atoms with E-state index in [1.807, 2.05) is 0 Å². The Morgan fingerprint density at radius 2 is 1.59 bits per heavy atom. The van der Waals surface area contributed by atoms with E-state index >= 15 is 0 Å². The monoisotopic (exact) mass is 367 g/mol. The summed E-state index contributed by atoms with van der Waals surface area (Å²) in [5, 5.41) is 9.14. The van der Waals surface area contributed by atoms with Crippen LogP contribution in [0.1, 0.15) is 60.8 Å². The van der Waals surface area contributed by atoms with Crippen molar-refractivity contribution in [3.8, 4) is 0 Å². The highest BCUT2D eigenvalue weighted by Gasteiger charge is 2.26. The summed E-state index contributed by atoms with van der Waals surface area (Å²) >= 11 is 0. The fraction of sp³-hybridized carbons (Fsp3) is 0.636. The number of aryl methyl sites for hydroxylation is 1. The Balaban J connectivity index is 1.33. The lowest BCUT2D eigenvalue weighted by Crippen LogP contribution is -2.33. The fourth-order valence-electron chi connectivity index (χ4n) is 4.56. The molecule has 2 saturated heterocycles. The summed E-state index contributed by atoms with van der Waals surface area (Å²) in [6.45, 7) is 8.94. The van der Waals surface area contributed by atoms with Gasteiger partial charge in [-0.15, -0.1) is 10.2 Å². The maximum atomic E-state index is 4.60. The maximum Gasteiger partial charge on any atom is 0.146 e. The van der Waals surface area contributed by atoms with Crippen molar-refractivity contribution in [3.63, 3.8) is 0 Å². The Morgan fingerprint density at radius 1 is 0.889 bits per heavy atom. The summed E-state index contributed by atoms with van der Waals surface area (Å²) in [6, 6.07) is 8.75. The molecule has 3 heterocycles. The molecular weight excluding hydrogens is 334 g/mol. The predicted molar refractivity (Wildman–Crippen MR) is 109 cm³/mol. The van der Waals surface area contributed by atoms with E-state index in [-0.39, 0.29) is 0 Å². The lowest BCUT2D eigenvalue weighted by molar-refractivity contribution is 0.199. The summed E-state index contributed by atoms with van der Waals surface area (Å²) in [6.07, 6.45) is 6.39. The molecule has 2 fully saturated rings. The van der Waals surface area contributed by atoms with Crippen molar-refractivity contribution in [2.45, 2.75) is 58.0 Å². The smallest absolute Gasteiger partial charge is 0.146 e. The molecule has 146 valence electrons. The van der Waals surface area contributed by atoms with E-state index < -0.39 is 0 Å². The van der Waals surface area contributed by atoms with Crippen molar-refractivity contribution in [1.29, 1.82) is 0 Å². The first kappa shape index (κ1) is 18.6. The molecule has 1 aromatic carbocycles. The topological polar surface area (TPSA) is 37.2 Å². The molecule has 5 nitrogen and oxygen atoms in total. The third kappa shape index (κ3) is 4.41. The summed E-state index contributed by atoms with van der Waals surface area (Å²) in [4.78, 5) is 5.12. The first-order valence-electron chi connectivity index (χ1n) is 10.6. The highest BCUT2D eigenvalue weighted by molar-refractivity contribution is 5.25. The molecule has 2 aliphatic heterocycles. The summed E-state index contributed by atoms with van der Waals surface area (Å²) in [7, 11) is 2.16. The molecule has 2 aliphatic rings. The van der Waals surface area contributed by atoms with Crippen LogP contribution < -0.4 is 0 Å². The van der Waals surface area contributed by atoms with Crippen LogP contribution in [0.15, 0.2) is 24.3 Å². The minimum Gasteiger partial charge on any atom is -0.317 e. The second-order valence-corrected chi connectivity index (χ2v) is 8.35. The van der Waals surface area contributed by atoms with Gasteiger partial charge in [0.25, 0.3) is 0 Å². The van der Waals surface area contributed by atoms with E-state index in [4.69, 9.17) is 0 Å². The van der Waals surface area contributed by atoms with Crippen LogP contribution in [0.5, 0.6) is 0 Å². The van der Waals surface area contributed by atoms with Crippen molar-refractivity contribution in [2.24, 2.45) is 7.05 Å². The molecule has 0 atom stereocenters. The zero-order valence-corrected chi connectivity index (χ0v) is 16.9. The number of hydrogen-bond acceptors (Lipinski definition) is 4. The van der Waals surface area contributed by atoms with Gasteiger partial charge in [0, 0.05) is 19.5 Å². The van der Waals surface area contributed by atoms with Gasteiger partial charge in [0.05, 0.1) is 6.54 Å². The Bertz CT molecular complexity index is 739. The number of aromatic nitrogens is 3. The number of piperidine rings is 2. The van der Waals surface area contributed by atoms with Crippen LogP contribution in [0.3, 0.4) is 0 Å². The Hall–Kier alpha value is -1.72. The van der Waals surface area contributed by atoms with Gasteiger partial charge in [-0.25, -0.2) is 0 Å². The van der Waals surface area contributed by atoms with Crippen molar-refractivity contribution >= 4 is 0 Å². The highest BCUT2D eigenvalue weighted by atomic mass is 15.3. The van der Waals surface area contributed by atoms with Gasteiger partial charge < -0.3 is 4.57 Å². The van der Waals surface area contributed by atoms with Gasteiger partial charge in [-0.2, -0.15) is 0 Å². The summed E-state index contributed by atoms with van der Waals surface area (Å²) < 4.78 is 2.27. The Labute approximate surface area is 163 Å². The molecule has 0 radical (unpaired) electrons. The first-order valence-corrected chi connectivity index (χ1v) is 10.6. The summed E-state index contributed by atoms with van der Waals surface area (Å²) in [5.74, 6) is 2.87. The van der Waals surface area contributed by atoms with Gasteiger partial charge in [-0.1, -0.05) is 30.7 Å². The second-order valence-electron chi connectivity index (χ2n) is 8.35. The zero-order chi connectivity index (χ0) is 18.6. The third-order valence-electron chi connectivity index (χ3n) is 6.42. The van der Waals surface area contributed by atoms with Crippen LogP contribution in [-0.4, -0.2) is 50.7 Å². The van der Waals surface area contributed by atoms with E-state index in [1.54, 1.807) is 0 Å². The van der Waals surface area contributed by atoms with Crippen LogP contribution in [-0.2, 0) is 20.1 Å². The van der Waals surface area contributed by atoms with Gasteiger partial charge in [-0.05, 0) is 69.9 Å². The Kier molecular flexibility index (Phi) is 5.89. The molecule has 0 unspecified atom stereocenters. The van der Waals surface area contributed by atoms with Crippen LogP contribution >= 0.6 is 0 Å². The van der Waals surface area contributed by atoms with Crippen LogP contribution in [0.4, 0.5) is 0 Å². The molecule has 27 heavy (non-hydrogen) atoms. The normalized spacial score (nSPS) is 20.2.